The number of nitro benzene ring substituents is 1. The van der Waals surface area contributed by atoms with Crippen molar-refractivity contribution in [2.75, 3.05) is 7.11 Å². The van der Waals surface area contributed by atoms with Crippen molar-refractivity contribution in [1.82, 2.24) is 4.98 Å². The zero-order chi connectivity index (χ0) is 16.6. The van der Waals surface area contributed by atoms with Gasteiger partial charge in [-0.05, 0) is 18.2 Å². The minimum atomic E-state index is -0.493. The molecule has 3 aromatic rings. The molecule has 0 aliphatic rings. The molecule has 0 aliphatic heterocycles. The number of benzene rings is 2. The van der Waals surface area contributed by atoms with E-state index in [-0.39, 0.29) is 28.5 Å². The van der Waals surface area contributed by atoms with Crippen LogP contribution in [0.3, 0.4) is 0 Å². The van der Waals surface area contributed by atoms with Crippen LogP contribution in [0.5, 0.6) is 17.2 Å². The largest absolute Gasteiger partial charge is 0.506 e. The molecule has 0 aliphatic carbocycles. The molecule has 0 saturated carbocycles. The zero-order valence-corrected chi connectivity index (χ0v) is 12.1. The van der Waals surface area contributed by atoms with Gasteiger partial charge in [0.25, 0.3) is 5.69 Å². The van der Waals surface area contributed by atoms with Gasteiger partial charge in [0, 0.05) is 17.5 Å². The number of para-hydroxylation sites is 1. The van der Waals surface area contributed by atoms with Crippen LogP contribution in [0.15, 0.2) is 42.5 Å². The van der Waals surface area contributed by atoms with Gasteiger partial charge in [-0.15, -0.1) is 0 Å². The molecule has 23 heavy (non-hydrogen) atoms. The first kappa shape index (κ1) is 14.6. The lowest BCUT2D eigenvalue weighted by atomic mass is 10.1. The number of aromatic hydroxyl groups is 2. The molecule has 1 heterocycles. The minimum absolute atomic E-state index is 0.0865. The molecular formula is C16H12N2O5. The molecule has 2 N–H and O–H groups in total. The Kier molecular flexibility index (Phi) is 3.46. The van der Waals surface area contributed by atoms with Crippen molar-refractivity contribution < 1.29 is 19.9 Å². The van der Waals surface area contributed by atoms with Gasteiger partial charge in [0.05, 0.1) is 23.3 Å². The number of phenols is 2. The number of hydrogen-bond acceptors (Lipinski definition) is 6. The molecule has 0 amide bonds. The van der Waals surface area contributed by atoms with Crippen molar-refractivity contribution in [2.45, 2.75) is 0 Å². The van der Waals surface area contributed by atoms with E-state index in [9.17, 15) is 20.3 Å². The van der Waals surface area contributed by atoms with Crippen LogP contribution in [0, 0.1) is 10.1 Å². The normalized spacial score (nSPS) is 10.7. The quantitative estimate of drug-likeness (QED) is 0.437. The number of ether oxygens (including phenoxy) is 1. The average molecular weight is 312 g/mol. The SMILES string of the molecule is COc1cc(O)c2nc(-c3ccccc3[N+](=O)[O-])ccc2c1O. The van der Waals surface area contributed by atoms with Crippen LogP contribution < -0.4 is 4.74 Å². The molecule has 0 saturated heterocycles. The van der Waals surface area contributed by atoms with Gasteiger partial charge >= 0.3 is 0 Å². The van der Waals surface area contributed by atoms with Crippen molar-refractivity contribution >= 4 is 16.6 Å². The Morgan fingerprint density at radius 2 is 1.91 bits per heavy atom. The predicted octanol–water partition coefficient (Wildman–Crippen LogP) is 3.23. The zero-order valence-electron chi connectivity index (χ0n) is 12.1. The number of rotatable bonds is 3. The van der Waals surface area contributed by atoms with E-state index in [0.717, 1.165) is 0 Å². The molecule has 1 aromatic heterocycles. The van der Waals surface area contributed by atoms with E-state index in [1.807, 2.05) is 0 Å². The molecule has 0 bridgehead atoms. The van der Waals surface area contributed by atoms with Crippen molar-refractivity contribution in [1.29, 1.82) is 0 Å². The van der Waals surface area contributed by atoms with Crippen LogP contribution >= 0.6 is 0 Å². The van der Waals surface area contributed by atoms with Gasteiger partial charge in [-0.1, -0.05) is 12.1 Å². The molecule has 0 radical (unpaired) electrons. The first-order valence-corrected chi connectivity index (χ1v) is 6.66. The van der Waals surface area contributed by atoms with Gasteiger partial charge in [0.1, 0.15) is 11.3 Å². The average Bonchev–Trinajstić information content (AvgIpc) is 2.57. The second kappa shape index (κ2) is 5.45. The summed E-state index contributed by atoms with van der Waals surface area (Å²) in [7, 11) is 1.37. The summed E-state index contributed by atoms with van der Waals surface area (Å²) in [4.78, 5) is 14.9. The Bertz CT molecular complexity index is 924. The Hall–Kier alpha value is -3.35. The van der Waals surface area contributed by atoms with E-state index in [2.05, 4.69) is 4.98 Å². The number of pyridine rings is 1. The van der Waals surface area contributed by atoms with Crippen molar-refractivity contribution in [2.24, 2.45) is 0 Å². The lowest BCUT2D eigenvalue weighted by molar-refractivity contribution is -0.384. The van der Waals surface area contributed by atoms with Gasteiger partial charge in [0.2, 0.25) is 0 Å². The topological polar surface area (TPSA) is 106 Å². The lowest BCUT2D eigenvalue weighted by Crippen LogP contribution is -1.94. The van der Waals surface area contributed by atoms with E-state index in [0.29, 0.717) is 16.6 Å². The Labute approximate surface area is 130 Å². The van der Waals surface area contributed by atoms with Gasteiger partial charge < -0.3 is 14.9 Å². The highest BCUT2D eigenvalue weighted by atomic mass is 16.6. The molecule has 7 nitrogen and oxygen atoms in total. The Morgan fingerprint density at radius 3 is 2.61 bits per heavy atom. The predicted molar refractivity (Wildman–Crippen MR) is 83.7 cm³/mol. The maximum Gasteiger partial charge on any atom is 0.278 e. The first-order valence-electron chi connectivity index (χ1n) is 6.66. The second-order valence-electron chi connectivity index (χ2n) is 4.81. The molecule has 0 unspecified atom stereocenters. The van der Waals surface area contributed by atoms with Gasteiger partial charge in [0.15, 0.2) is 11.5 Å². The number of aromatic nitrogens is 1. The summed E-state index contributed by atoms with van der Waals surface area (Å²) >= 11 is 0. The van der Waals surface area contributed by atoms with Gasteiger partial charge in [-0.25, -0.2) is 4.98 Å². The van der Waals surface area contributed by atoms with E-state index < -0.39 is 4.92 Å². The standard InChI is InChI=1S/C16H12N2O5/c1-23-14-8-13(19)15-10(16(14)20)6-7-11(17-15)9-4-2-3-5-12(9)18(21)22/h2-8,19-20H,1H3. The summed E-state index contributed by atoms with van der Waals surface area (Å²) in [6.45, 7) is 0. The fraction of sp³-hybridized carbons (Fsp3) is 0.0625. The van der Waals surface area contributed by atoms with Crippen molar-refractivity contribution in [3.63, 3.8) is 0 Å². The minimum Gasteiger partial charge on any atom is -0.506 e. The highest BCUT2D eigenvalue weighted by Gasteiger charge is 2.18. The number of phenolic OH excluding ortho intramolecular Hbond substituents is 2. The second-order valence-corrected chi connectivity index (χ2v) is 4.81. The van der Waals surface area contributed by atoms with Crippen LogP contribution in [0.2, 0.25) is 0 Å². The molecular weight excluding hydrogens is 300 g/mol. The molecule has 116 valence electrons. The third-order valence-electron chi connectivity index (χ3n) is 3.49. The lowest BCUT2D eigenvalue weighted by Gasteiger charge is -2.10. The summed E-state index contributed by atoms with van der Waals surface area (Å²) in [6.07, 6.45) is 0. The summed E-state index contributed by atoms with van der Waals surface area (Å²) in [5.41, 5.74) is 0.703. The molecule has 0 fully saturated rings. The third-order valence-corrected chi connectivity index (χ3v) is 3.49. The maximum absolute atomic E-state index is 11.1. The van der Waals surface area contributed by atoms with Gasteiger partial charge in [-0.2, -0.15) is 0 Å². The highest BCUT2D eigenvalue weighted by Crippen LogP contribution is 2.40. The summed E-state index contributed by atoms with van der Waals surface area (Å²) in [5.74, 6) is -0.216. The molecule has 7 heteroatoms. The first-order chi connectivity index (χ1) is 11.0. The van der Waals surface area contributed by atoms with E-state index in [4.69, 9.17) is 4.74 Å². The molecule has 0 spiro atoms. The molecule has 2 aromatic carbocycles. The van der Waals surface area contributed by atoms with Crippen molar-refractivity contribution in [3.8, 4) is 28.5 Å². The smallest absolute Gasteiger partial charge is 0.278 e. The number of methoxy groups -OCH3 is 1. The monoisotopic (exact) mass is 312 g/mol. The summed E-state index contributed by atoms with van der Waals surface area (Å²) in [6, 6.07) is 10.5. The van der Waals surface area contributed by atoms with E-state index in [1.165, 1.54) is 25.3 Å². The van der Waals surface area contributed by atoms with E-state index >= 15 is 0 Å². The van der Waals surface area contributed by atoms with Crippen LogP contribution in [0.1, 0.15) is 0 Å². The van der Waals surface area contributed by atoms with E-state index in [1.54, 1.807) is 24.3 Å². The Morgan fingerprint density at radius 1 is 1.17 bits per heavy atom. The fourth-order valence-electron chi connectivity index (χ4n) is 2.39. The van der Waals surface area contributed by atoms with Crippen LogP contribution in [0.4, 0.5) is 5.69 Å². The Balaban J connectivity index is 2.27. The van der Waals surface area contributed by atoms with Crippen LogP contribution in [-0.4, -0.2) is 27.2 Å². The molecule has 3 rings (SSSR count). The fourth-order valence-corrected chi connectivity index (χ4v) is 2.39. The number of nitrogens with zero attached hydrogens (tertiary/aromatic N) is 2. The summed E-state index contributed by atoms with van der Waals surface area (Å²) < 4.78 is 4.97. The van der Waals surface area contributed by atoms with Crippen LogP contribution in [0.25, 0.3) is 22.2 Å². The highest BCUT2D eigenvalue weighted by molar-refractivity contribution is 5.94. The maximum atomic E-state index is 11.1. The number of hydrogen-bond donors (Lipinski definition) is 2. The van der Waals surface area contributed by atoms with Crippen molar-refractivity contribution in [3.05, 3.63) is 52.6 Å². The third kappa shape index (κ3) is 2.38. The number of nitro groups is 1. The van der Waals surface area contributed by atoms with Crippen LogP contribution in [-0.2, 0) is 0 Å². The number of fused-ring (bicyclic) bond motifs is 1. The summed E-state index contributed by atoms with van der Waals surface area (Å²) in [5, 5.41) is 31.6. The molecule has 0 atom stereocenters. The van der Waals surface area contributed by atoms with Gasteiger partial charge in [-0.3, -0.25) is 10.1 Å².